The number of benzene rings is 3. The molecular formula is C26H22Cl2N2O4. The maximum absolute atomic E-state index is 13.1. The first kappa shape index (κ1) is 23.8. The van der Waals surface area contributed by atoms with E-state index in [0.29, 0.717) is 22.0 Å². The summed E-state index contributed by atoms with van der Waals surface area (Å²) in [6.07, 6.45) is 0.518. The predicted octanol–water partition coefficient (Wildman–Crippen LogP) is 5.47. The summed E-state index contributed by atoms with van der Waals surface area (Å²) in [5.74, 6) is -0.228. The lowest BCUT2D eigenvalue weighted by atomic mass is 9.98. The minimum Gasteiger partial charge on any atom is -0.497 e. The molecule has 0 radical (unpaired) electrons. The molecule has 0 N–H and O–H groups in total. The van der Waals surface area contributed by atoms with Crippen molar-refractivity contribution in [3.63, 3.8) is 0 Å². The molecule has 174 valence electrons. The van der Waals surface area contributed by atoms with Gasteiger partial charge in [-0.05, 0) is 41.0 Å². The summed E-state index contributed by atoms with van der Waals surface area (Å²) >= 11 is 11.9. The van der Waals surface area contributed by atoms with E-state index < -0.39 is 18.5 Å². The van der Waals surface area contributed by atoms with Crippen molar-refractivity contribution in [1.82, 2.24) is 5.01 Å². The minimum absolute atomic E-state index is 0.0232. The number of methoxy groups -OCH3 is 1. The van der Waals surface area contributed by atoms with Gasteiger partial charge in [0.25, 0.3) is 5.91 Å². The molecule has 1 aliphatic rings. The fourth-order valence-corrected chi connectivity index (χ4v) is 4.03. The second kappa shape index (κ2) is 10.7. The van der Waals surface area contributed by atoms with E-state index in [1.54, 1.807) is 25.3 Å². The Balaban J connectivity index is 1.47. The van der Waals surface area contributed by atoms with Crippen LogP contribution in [0.15, 0.2) is 77.9 Å². The normalized spacial score (nSPS) is 15.1. The molecule has 0 aromatic heterocycles. The summed E-state index contributed by atoms with van der Waals surface area (Å²) in [7, 11) is 1.60. The zero-order chi connectivity index (χ0) is 24.1. The van der Waals surface area contributed by atoms with Crippen molar-refractivity contribution in [3.05, 3.63) is 99.5 Å². The Bertz CT molecular complexity index is 1210. The Morgan fingerprint density at radius 2 is 1.74 bits per heavy atom. The summed E-state index contributed by atoms with van der Waals surface area (Å²) in [5, 5.41) is 6.74. The molecule has 6 nitrogen and oxygen atoms in total. The van der Waals surface area contributed by atoms with Gasteiger partial charge in [0.2, 0.25) is 0 Å². The lowest BCUT2D eigenvalue weighted by molar-refractivity contribution is -0.152. The zero-order valence-corrected chi connectivity index (χ0v) is 19.9. The number of nitrogens with zero attached hydrogens (tertiary/aromatic N) is 2. The maximum atomic E-state index is 13.1. The number of hydrazone groups is 1. The van der Waals surface area contributed by atoms with E-state index in [1.165, 1.54) is 5.01 Å². The number of esters is 1. The Labute approximate surface area is 207 Å². The first-order chi connectivity index (χ1) is 16.4. The molecule has 34 heavy (non-hydrogen) atoms. The fourth-order valence-electron chi connectivity index (χ4n) is 3.71. The van der Waals surface area contributed by atoms with Crippen molar-refractivity contribution in [2.45, 2.75) is 18.9 Å². The number of carbonyl (C=O) groups excluding carboxylic acids is 2. The van der Waals surface area contributed by atoms with Crippen LogP contribution in [0.1, 0.15) is 29.2 Å². The third kappa shape index (κ3) is 5.58. The molecule has 1 heterocycles. The summed E-state index contributed by atoms with van der Waals surface area (Å²) in [6, 6.07) is 21.8. The molecule has 0 spiro atoms. The molecule has 3 aromatic rings. The van der Waals surface area contributed by atoms with Gasteiger partial charge in [0.1, 0.15) is 5.75 Å². The van der Waals surface area contributed by atoms with Crippen molar-refractivity contribution in [2.75, 3.05) is 13.7 Å². The van der Waals surface area contributed by atoms with Crippen molar-refractivity contribution >= 4 is 40.8 Å². The van der Waals surface area contributed by atoms with Crippen LogP contribution < -0.4 is 4.74 Å². The van der Waals surface area contributed by atoms with Crippen molar-refractivity contribution in [1.29, 1.82) is 0 Å². The first-order valence-electron chi connectivity index (χ1n) is 10.6. The number of hydrogen-bond donors (Lipinski definition) is 0. The standard InChI is InChI=1S/C26H22Cl2N2O4/c1-33-20-10-8-19(9-11-20)24-15-23(18-5-3-2-4-6-18)29-30(24)25(31)16-34-26(32)14-17-7-12-21(27)22(28)13-17/h2-13,24H,14-16H2,1H3. The number of ether oxygens (including phenoxy) is 2. The number of hydrogen-bond acceptors (Lipinski definition) is 5. The third-order valence-corrected chi connectivity index (χ3v) is 6.20. The van der Waals surface area contributed by atoms with Crippen LogP contribution in [-0.4, -0.2) is 36.3 Å². The highest BCUT2D eigenvalue weighted by molar-refractivity contribution is 6.42. The van der Waals surface area contributed by atoms with Gasteiger partial charge in [-0.15, -0.1) is 0 Å². The highest BCUT2D eigenvalue weighted by atomic mass is 35.5. The van der Waals surface area contributed by atoms with Gasteiger partial charge >= 0.3 is 5.97 Å². The average molecular weight is 497 g/mol. The molecule has 1 atom stereocenters. The van der Waals surface area contributed by atoms with E-state index in [-0.39, 0.29) is 12.5 Å². The van der Waals surface area contributed by atoms with Gasteiger partial charge in [0.05, 0.1) is 35.3 Å². The van der Waals surface area contributed by atoms with Crippen LogP contribution in [0.5, 0.6) is 5.75 Å². The number of halogens is 2. The van der Waals surface area contributed by atoms with E-state index in [4.69, 9.17) is 32.7 Å². The van der Waals surface area contributed by atoms with Gasteiger partial charge in [0.15, 0.2) is 6.61 Å². The van der Waals surface area contributed by atoms with Crippen LogP contribution in [0.3, 0.4) is 0 Å². The Hall–Kier alpha value is -3.35. The number of amides is 1. The molecule has 1 unspecified atom stereocenters. The van der Waals surface area contributed by atoms with E-state index >= 15 is 0 Å². The van der Waals surface area contributed by atoms with E-state index in [0.717, 1.165) is 22.6 Å². The smallest absolute Gasteiger partial charge is 0.310 e. The first-order valence-corrected chi connectivity index (χ1v) is 11.4. The molecule has 0 fully saturated rings. The molecule has 0 bridgehead atoms. The number of carbonyl (C=O) groups is 2. The topological polar surface area (TPSA) is 68.2 Å². The largest absolute Gasteiger partial charge is 0.497 e. The van der Waals surface area contributed by atoms with Gasteiger partial charge in [-0.2, -0.15) is 5.10 Å². The predicted molar refractivity (Wildman–Crippen MR) is 131 cm³/mol. The van der Waals surface area contributed by atoms with Gasteiger partial charge in [-0.1, -0.05) is 71.7 Å². The number of rotatable bonds is 7. The SMILES string of the molecule is COc1ccc(C2CC(c3ccccc3)=NN2C(=O)COC(=O)Cc2ccc(Cl)c(Cl)c2)cc1. The van der Waals surface area contributed by atoms with Gasteiger partial charge in [-0.25, -0.2) is 5.01 Å². The van der Waals surface area contributed by atoms with Crippen LogP contribution in [0.2, 0.25) is 10.0 Å². The Morgan fingerprint density at radius 3 is 2.41 bits per heavy atom. The van der Waals surface area contributed by atoms with Gasteiger partial charge < -0.3 is 9.47 Å². The summed E-state index contributed by atoms with van der Waals surface area (Å²) < 4.78 is 10.5. The minimum atomic E-state index is -0.542. The van der Waals surface area contributed by atoms with Crippen LogP contribution >= 0.6 is 23.2 Å². The lowest BCUT2D eigenvalue weighted by Gasteiger charge is -2.22. The quantitative estimate of drug-likeness (QED) is 0.407. The van der Waals surface area contributed by atoms with E-state index in [9.17, 15) is 9.59 Å². The van der Waals surface area contributed by atoms with E-state index in [1.807, 2.05) is 54.6 Å². The molecule has 1 amide bonds. The van der Waals surface area contributed by atoms with Crippen LogP contribution in [-0.2, 0) is 20.7 Å². The molecule has 0 saturated carbocycles. The summed E-state index contributed by atoms with van der Waals surface area (Å²) in [5.41, 5.74) is 3.28. The molecule has 3 aromatic carbocycles. The van der Waals surface area contributed by atoms with Gasteiger partial charge in [0, 0.05) is 6.42 Å². The third-order valence-electron chi connectivity index (χ3n) is 5.46. The summed E-state index contributed by atoms with van der Waals surface area (Å²) in [4.78, 5) is 25.4. The van der Waals surface area contributed by atoms with Crippen LogP contribution in [0.4, 0.5) is 0 Å². The molecule has 0 saturated heterocycles. The zero-order valence-electron chi connectivity index (χ0n) is 18.4. The molecule has 0 aliphatic carbocycles. The molecule has 8 heteroatoms. The van der Waals surface area contributed by atoms with E-state index in [2.05, 4.69) is 5.10 Å². The highest BCUT2D eigenvalue weighted by Crippen LogP contribution is 2.33. The average Bonchev–Trinajstić information content (AvgIpc) is 3.31. The second-order valence-corrected chi connectivity index (χ2v) is 8.54. The maximum Gasteiger partial charge on any atom is 0.310 e. The van der Waals surface area contributed by atoms with Crippen LogP contribution in [0.25, 0.3) is 0 Å². The van der Waals surface area contributed by atoms with Crippen molar-refractivity contribution in [2.24, 2.45) is 5.10 Å². The molecular weight excluding hydrogens is 475 g/mol. The summed E-state index contributed by atoms with van der Waals surface area (Å²) in [6.45, 7) is -0.418. The second-order valence-electron chi connectivity index (χ2n) is 7.73. The van der Waals surface area contributed by atoms with Gasteiger partial charge in [-0.3, -0.25) is 9.59 Å². The van der Waals surface area contributed by atoms with Crippen molar-refractivity contribution < 1.29 is 19.1 Å². The molecule has 1 aliphatic heterocycles. The lowest BCUT2D eigenvalue weighted by Crippen LogP contribution is -2.31. The Kier molecular flexibility index (Phi) is 7.50. The Morgan fingerprint density at radius 1 is 1.00 bits per heavy atom. The van der Waals surface area contributed by atoms with Crippen molar-refractivity contribution in [3.8, 4) is 5.75 Å². The molecule has 4 rings (SSSR count). The van der Waals surface area contributed by atoms with Crippen LogP contribution in [0, 0.1) is 0 Å². The fraction of sp³-hybridized carbons (Fsp3) is 0.192. The monoisotopic (exact) mass is 496 g/mol. The highest BCUT2D eigenvalue weighted by Gasteiger charge is 2.33.